The third-order valence-electron chi connectivity index (χ3n) is 3.07. The molecule has 0 fully saturated rings. The summed E-state index contributed by atoms with van der Waals surface area (Å²) in [5.74, 6) is 0. The van der Waals surface area contributed by atoms with Gasteiger partial charge in [0.2, 0.25) is 0 Å². The molecule has 1 heterocycles. The smallest absolute Gasteiger partial charge is 0.0626 e. The van der Waals surface area contributed by atoms with Crippen LogP contribution in [0.3, 0.4) is 0 Å². The van der Waals surface area contributed by atoms with Gasteiger partial charge in [0.05, 0.1) is 11.9 Å². The highest BCUT2D eigenvalue weighted by Crippen LogP contribution is 2.27. The second-order valence-electron chi connectivity index (χ2n) is 4.46. The quantitative estimate of drug-likeness (QED) is 0.568. The van der Waals surface area contributed by atoms with Gasteiger partial charge in [0.1, 0.15) is 0 Å². The van der Waals surface area contributed by atoms with Crippen LogP contribution in [0.4, 0.5) is 5.69 Å². The number of anilines is 1. The molecule has 0 aromatic heterocycles. The Bertz CT molecular complexity index is 524. The second kappa shape index (κ2) is 6.74. The van der Waals surface area contributed by atoms with Crippen LogP contribution in [0.1, 0.15) is 18.9 Å². The summed E-state index contributed by atoms with van der Waals surface area (Å²) in [6, 6.07) is 8.43. The molecule has 0 bridgehead atoms. The Morgan fingerprint density at radius 3 is 3.05 bits per heavy atom. The summed E-state index contributed by atoms with van der Waals surface area (Å²) >= 11 is 0. The topological polar surface area (TPSA) is 15.6 Å². The molecule has 2 nitrogen and oxygen atoms in total. The fourth-order valence-corrected chi connectivity index (χ4v) is 2.11. The van der Waals surface area contributed by atoms with E-state index in [1.165, 1.54) is 11.3 Å². The number of benzene rings is 1. The third kappa shape index (κ3) is 3.44. The monoisotopic (exact) mass is 252 g/mol. The largest absolute Gasteiger partial charge is 0.265 e. The van der Waals surface area contributed by atoms with Gasteiger partial charge in [0.25, 0.3) is 0 Å². The van der Waals surface area contributed by atoms with E-state index in [2.05, 4.69) is 60.0 Å². The van der Waals surface area contributed by atoms with Gasteiger partial charge in [-0.2, -0.15) is 5.10 Å². The standard InChI is InChI=1S/C17H20N2/c1-3-5-9-15(8-4-2)14-18-19-13-12-16-10-6-7-11-17(16)19/h4-11,14H,2-3,12-13H2,1H3/b9-5-,15-8+,18-14?. The van der Waals surface area contributed by atoms with Crippen molar-refractivity contribution in [3.8, 4) is 0 Å². The maximum Gasteiger partial charge on any atom is 0.0626 e. The molecule has 2 rings (SSSR count). The fourth-order valence-electron chi connectivity index (χ4n) is 2.11. The third-order valence-corrected chi connectivity index (χ3v) is 3.07. The Hall–Kier alpha value is -2.09. The lowest BCUT2D eigenvalue weighted by molar-refractivity contribution is 0.896. The van der Waals surface area contributed by atoms with E-state index >= 15 is 0 Å². The van der Waals surface area contributed by atoms with Gasteiger partial charge in [-0.3, -0.25) is 5.01 Å². The molecule has 2 heteroatoms. The highest BCUT2D eigenvalue weighted by atomic mass is 15.5. The zero-order chi connectivity index (χ0) is 13.5. The molecule has 0 radical (unpaired) electrons. The molecular formula is C17H20N2. The van der Waals surface area contributed by atoms with Gasteiger partial charge in [-0.25, -0.2) is 0 Å². The number of rotatable bonds is 5. The molecule has 0 amide bonds. The predicted molar refractivity (Wildman–Crippen MR) is 83.7 cm³/mol. The summed E-state index contributed by atoms with van der Waals surface area (Å²) in [5, 5.41) is 6.64. The van der Waals surface area contributed by atoms with Crippen LogP contribution in [0.25, 0.3) is 0 Å². The van der Waals surface area contributed by atoms with E-state index in [9.17, 15) is 0 Å². The van der Waals surface area contributed by atoms with Gasteiger partial charge in [-0.15, -0.1) is 0 Å². The minimum absolute atomic E-state index is 0.953. The predicted octanol–water partition coefficient (Wildman–Crippen LogP) is 4.11. The SMILES string of the molecule is C=C/C=C(C=NN1CCc2ccccc21)\C=C/CC. The first kappa shape index (κ1) is 13.3. The Morgan fingerprint density at radius 1 is 1.42 bits per heavy atom. The zero-order valence-corrected chi connectivity index (χ0v) is 11.4. The van der Waals surface area contributed by atoms with Crippen molar-refractivity contribution in [1.29, 1.82) is 0 Å². The van der Waals surface area contributed by atoms with Gasteiger partial charge in [-0.05, 0) is 30.0 Å². The number of hydrogen-bond donors (Lipinski definition) is 0. The number of hydrazone groups is 1. The molecule has 19 heavy (non-hydrogen) atoms. The van der Waals surface area contributed by atoms with Crippen molar-refractivity contribution in [1.82, 2.24) is 0 Å². The molecule has 0 N–H and O–H groups in total. The average Bonchev–Trinajstić information content (AvgIpc) is 2.85. The van der Waals surface area contributed by atoms with E-state index in [1.54, 1.807) is 6.08 Å². The summed E-state index contributed by atoms with van der Waals surface area (Å²) in [7, 11) is 0. The first-order valence-corrected chi connectivity index (χ1v) is 6.74. The van der Waals surface area contributed by atoms with Crippen LogP contribution in [-0.2, 0) is 6.42 Å². The molecule has 0 spiro atoms. The average molecular weight is 252 g/mol. The van der Waals surface area contributed by atoms with E-state index in [0.717, 1.165) is 25.0 Å². The molecule has 0 unspecified atom stereocenters. The first-order chi connectivity index (χ1) is 9.35. The van der Waals surface area contributed by atoms with Crippen LogP contribution in [0.15, 0.2) is 65.8 Å². The summed E-state index contributed by atoms with van der Waals surface area (Å²) in [6.45, 7) is 6.81. The highest BCUT2D eigenvalue weighted by Gasteiger charge is 2.16. The molecule has 0 saturated heterocycles. The van der Waals surface area contributed by atoms with Crippen LogP contribution < -0.4 is 5.01 Å². The summed E-state index contributed by atoms with van der Waals surface area (Å²) in [4.78, 5) is 0. The number of fused-ring (bicyclic) bond motifs is 1. The lowest BCUT2D eigenvalue weighted by Crippen LogP contribution is -2.12. The molecule has 1 aliphatic rings. The molecule has 0 atom stereocenters. The van der Waals surface area contributed by atoms with E-state index in [4.69, 9.17) is 0 Å². The minimum Gasteiger partial charge on any atom is -0.265 e. The van der Waals surface area contributed by atoms with E-state index < -0.39 is 0 Å². The lowest BCUT2D eigenvalue weighted by Gasteiger charge is -2.12. The summed E-state index contributed by atoms with van der Waals surface area (Å²) < 4.78 is 0. The maximum absolute atomic E-state index is 4.58. The molecular weight excluding hydrogens is 232 g/mol. The van der Waals surface area contributed by atoms with Crippen LogP contribution in [-0.4, -0.2) is 12.8 Å². The number of allylic oxidation sites excluding steroid dienone is 5. The fraction of sp³-hybridized carbons (Fsp3) is 0.235. The summed E-state index contributed by atoms with van der Waals surface area (Å²) in [6.07, 6.45) is 12.0. The Kier molecular flexibility index (Phi) is 4.73. The van der Waals surface area contributed by atoms with Crippen LogP contribution in [0.5, 0.6) is 0 Å². The Labute approximate surface area is 115 Å². The van der Waals surface area contributed by atoms with Crippen molar-refractivity contribution in [3.63, 3.8) is 0 Å². The van der Waals surface area contributed by atoms with Gasteiger partial charge in [0, 0.05) is 6.54 Å². The van der Waals surface area contributed by atoms with Crippen LogP contribution in [0.2, 0.25) is 0 Å². The van der Waals surface area contributed by atoms with Gasteiger partial charge in [0.15, 0.2) is 0 Å². The number of para-hydroxylation sites is 1. The van der Waals surface area contributed by atoms with Crippen molar-refractivity contribution < 1.29 is 0 Å². The molecule has 0 aliphatic carbocycles. The first-order valence-electron chi connectivity index (χ1n) is 6.74. The number of nitrogens with zero attached hydrogens (tertiary/aromatic N) is 2. The normalized spacial score (nSPS) is 15.4. The molecule has 1 aromatic rings. The molecule has 0 saturated carbocycles. The zero-order valence-electron chi connectivity index (χ0n) is 11.4. The van der Waals surface area contributed by atoms with Crippen molar-refractivity contribution >= 4 is 11.9 Å². The van der Waals surface area contributed by atoms with E-state index in [1.807, 2.05) is 12.3 Å². The van der Waals surface area contributed by atoms with Crippen LogP contribution >= 0.6 is 0 Å². The highest BCUT2D eigenvalue weighted by molar-refractivity contribution is 5.83. The van der Waals surface area contributed by atoms with Gasteiger partial charge < -0.3 is 0 Å². The Balaban J connectivity index is 2.12. The van der Waals surface area contributed by atoms with Crippen LogP contribution in [0, 0.1) is 0 Å². The van der Waals surface area contributed by atoms with Crippen molar-refractivity contribution in [2.45, 2.75) is 19.8 Å². The van der Waals surface area contributed by atoms with E-state index in [0.29, 0.717) is 0 Å². The molecule has 98 valence electrons. The van der Waals surface area contributed by atoms with Crippen molar-refractivity contribution in [3.05, 3.63) is 66.3 Å². The summed E-state index contributed by atoms with van der Waals surface area (Å²) in [5.41, 5.74) is 3.66. The Morgan fingerprint density at radius 2 is 2.26 bits per heavy atom. The maximum atomic E-state index is 4.58. The minimum atomic E-state index is 0.953. The lowest BCUT2D eigenvalue weighted by atomic mass is 10.2. The van der Waals surface area contributed by atoms with Gasteiger partial charge >= 0.3 is 0 Å². The number of hydrogen-bond acceptors (Lipinski definition) is 2. The molecule has 1 aliphatic heterocycles. The van der Waals surface area contributed by atoms with Crippen molar-refractivity contribution in [2.24, 2.45) is 5.10 Å². The van der Waals surface area contributed by atoms with E-state index in [-0.39, 0.29) is 0 Å². The second-order valence-corrected chi connectivity index (χ2v) is 4.46. The van der Waals surface area contributed by atoms with Gasteiger partial charge in [-0.1, -0.05) is 56.0 Å². The van der Waals surface area contributed by atoms with Crippen molar-refractivity contribution in [2.75, 3.05) is 11.6 Å². The molecule has 1 aromatic carbocycles.